The molecule has 7 heteroatoms. The zero-order valence-electron chi connectivity index (χ0n) is 9.25. The lowest BCUT2D eigenvalue weighted by Gasteiger charge is -2.07. The largest absolute Gasteiger partial charge is 0.476 e. The van der Waals surface area contributed by atoms with Gasteiger partial charge in [-0.1, -0.05) is 5.21 Å². The van der Waals surface area contributed by atoms with Gasteiger partial charge in [0.05, 0.1) is 18.4 Å². The fourth-order valence-electron chi connectivity index (χ4n) is 1.27. The van der Waals surface area contributed by atoms with Crippen LogP contribution < -0.4 is 0 Å². The number of aromatic carboxylic acids is 1. The van der Waals surface area contributed by atoms with E-state index in [1.54, 1.807) is 6.92 Å². The molecular weight excluding hydrogens is 214 g/mol. The summed E-state index contributed by atoms with van der Waals surface area (Å²) in [6.07, 6.45) is 0.0203. The maximum atomic E-state index is 10.8. The van der Waals surface area contributed by atoms with E-state index in [0.717, 1.165) is 0 Å². The SMILES string of the molecule is COCc1c(C(=O)O)nnn1CCC(C)O. The monoisotopic (exact) mass is 229 g/mol. The molecule has 1 aromatic rings. The van der Waals surface area contributed by atoms with E-state index >= 15 is 0 Å². The van der Waals surface area contributed by atoms with E-state index in [9.17, 15) is 4.79 Å². The first kappa shape index (κ1) is 12.6. The van der Waals surface area contributed by atoms with Gasteiger partial charge < -0.3 is 14.9 Å². The van der Waals surface area contributed by atoms with Crippen molar-refractivity contribution in [1.82, 2.24) is 15.0 Å². The number of hydrogen-bond acceptors (Lipinski definition) is 5. The minimum Gasteiger partial charge on any atom is -0.476 e. The van der Waals surface area contributed by atoms with Crippen molar-refractivity contribution in [2.75, 3.05) is 7.11 Å². The Labute approximate surface area is 92.6 Å². The predicted octanol–water partition coefficient (Wildman–Crippen LogP) is -0.106. The lowest BCUT2D eigenvalue weighted by atomic mass is 10.2. The van der Waals surface area contributed by atoms with Crippen molar-refractivity contribution in [3.05, 3.63) is 11.4 Å². The molecule has 0 aliphatic rings. The first-order chi connectivity index (χ1) is 7.56. The van der Waals surface area contributed by atoms with Crippen molar-refractivity contribution in [2.45, 2.75) is 32.6 Å². The molecule has 16 heavy (non-hydrogen) atoms. The lowest BCUT2D eigenvalue weighted by molar-refractivity contribution is 0.0684. The van der Waals surface area contributed by atoms with E-state index in [1.165, 1.54) is 11.8 Å². The molecule has 90 valence electrons. The highest BCUT2D eigenvalue weighted by atomic mass is 16.5. The molecule has 0 bridgehead atoms. The van der Waals surface area contributed by atoms with Gasteiger partial charge in [0.15, 0.2) is 5.69 Å². The number of aryl methyl sites for hydroxylation is 1. The molecule has 0 saturated heterocycles. The summed E-state index contributed by atoms with van der Waals surface area (Å²) in [5.74, 6) is -1.13. The molecule has 0 aliphatic carbocycles. The fraction of sp³-hybridized carbons (Fsp3) is 0.667. The second-order valence-electron chi connectivity index (χ2n) is 3.48. The summed E-state index contributed by atoms with van der Waals surface area (Å²) >= 11 is 0. The van der Waals surface area contributed by atoms with Crippen molar-refractivity contribution in [3.8, 4) is 0 Å². The third kappa shape index (κ3) is 3.01. The molecule has 1 aromatic heterocycles. The van der Waals surface area contributed by atoms with E-state index in [1.807, 2.05) is 0 Å². The molecule has 1 rings (SSSR count). The molecule has 0 spiro atoms. The van der Waals surface area contributed by atoms with Crippen LogP contribution in [0.2, 0.25) is 0 Å². The Kier molecular flexibility index (Phi) is 4.39. The third-order valence-corrected chi connectivity index (χ3v) is 2.08. The molecule has 0 fully saturated rings. The molecule has 0 amide bonds. The molecule has 0 aliphatic heterocycles. The number of aliphatic hydroxyl groups is 1. The zero-order valence-corrected chi connectivity index (χ0v) is 9.25. The topological polar surface area (TPSA) is 97.5 Å². The quantitative estimate of drug-likeness (QED) is 0.706. The van der Waals surface area contributed by atoms with Gasteiger partial charge in [0.2, 0.25) is 0 Å². The van der Waals surface area contributed by atoms with Gasteiger partial charge in [-0.2, -0.15) is 0 Å². The molecule has 0 aromatic carbocycles. The highest BCUT2D eigenvalue weighted by molar-refractivity contribution is 5.86. The Balaban J connectivity index is 2.86. The molecular formula is C9H15N3O4. The number of aliphatic hydroxyl groups excluding tert-OH is 1. The molecule has 1 unspecified atom stereocenters. The number of carbonyl (C=O) groups is 1. The summed E-state index contributed by atoms with van der Waals surface area (Å²) in [6.45, 7) is 2.20. The van der Waals surface area contributed by atoms with Gasteiger partial charge in [-0.25, -0.2) is 9.48 Å². The number of methoxy groups -OCH3 is 1. The summed E-state index contributed by atoms with van der Waals surface area (Å²) in [7, 11) is 1.47. The van der Waals surface area contributed by atoms with E-state index in [-0.39, 0.29) is 12.3 Å². The highest BCUT2D eigenvalue weighted by Crippen LogP contribution is 2.08. The van der Waals surface area contributed by atoms with Crippen LogP contribution in [0.1, 0.15) is 29.5 Å². The van der Waals surface area contributed by atoms with E-state index in [4.69, 9.17) is 14.9 Å². The number of hydrogen-bond donors (Lipinski definition) is 2. The third-order valence-electron chi connectivity index (χ3n) is 2.08. The standard InChI is InChI=1S/C9H15N3O4/c1-6(13)3-4-12-7(5-16-2)8(9(14)15)10-11-12/h6,13H,3-5H2,1-2H3,(H,14,15). The van der Waals surface area contributed by atoms with E-state index in [0.29, 0.717) is 18.7 Å². The minimum atomic E-state index is -1.13. The van der Waals surface area contributed by atoms with Gasteiger partial charge in [0.25, 0.3) is 0 Å². The van der Waals surface area contributed by atoms with Gasteiger partial charge in [-0.05, 0) is 13.3 Å². The van der Waals surface area contributed by atoms with Gasteiger partial charge in [0.1, 0.15) is 0 Å². The van der Waals surface area contributed by atoms with Crippen LogP contribution in [0, 0.1) is 0 Å². The van der Waals surface area contributed by atoms with Crippen LogP contribution in [0.5, 0.6) is 0 Å². The second-order valence-corrected chi connectivity index (χ2v) is 3.48. The zero-order chi connectivity index (χ0) is 12.1. The van der Waals surface area contributed by atoms with Crippen LogP contribution in [0.4, 0.5) is 0 Å². The van der Waals surface area contributed by atoms with Crippen LogP contribution >= 0.6 is 0 Å². The van der Waals surface area contributed by atoms with Gasteiger partial charge in [-0.15, -0.1) is 5.10 Å². The number of rotatable bonds is 6. The normalized spacial score (nSPS) is 12.7. The summed E-state index contributed by atoms with van der Waals surface area (Å²) in [6, 6.07) is 0. The van der Waals surface area contributed by atoms with Crippen LogP contribution in [-0.2, 0) is 17.9 Å². The maximum absolute atomic E-state index is 10.8. The summed E-state index contributed by atoms with van der Waals surface area (Å²) in [5, 5.41) is 25.3. The molecule has 1 heterocycles. The van der Waals surface area contributed by atoms with Crippen molar-refractivity contribution in [2.24, 2.45) is 0 Å². The number of aromatic nitrogens is 3. The van der Waals surface area contributed by atoms with Crippen molar-refractivity contribution in [3.63, 3.8) is 0 Å². The molecule has 2 N–H and O–H groups in total. The summed E-state index contributed by atoms with van der Waals surface area (Å²) in [4.78, 5) is 10.8. The Bertz CT molecular complexity index is 362. The predicted molar refractivity (Wildman–Crippen MR) is 54.0 cm³/mol. The smallest absolute Gasteiger partial charge is 0.358 e. The summed E-state index contributed by atoms with van der Waals surface area (Å²) in [5.41, 5.74) is 0.308. The first-order valence-corrected chi connectivity index (χ1v) is 4.89. The number of ether oxygens (including phenoxy) is 1. The van der Waals surface area contributed by atoms with Crippen LogP contribution in [0.15, 0.2) is 0 Å². The highest BCUT2D eigenvalue weighted by Gasteiger charge is 2.18. The minimum absolute atomic E-state index is 0.104. The second kappa shape index (κ2) is 5.57. The van der Waals surface area contributed by atoms with Crippen molar-refractivity contribution in [1.29, 1.82) is 0 Å². The Morgan fingerprint density at radius 2 is 2.31 bits per heavy atom. The van der Waals surface area contributed by atoms with Crippen LogP contribution in [-0.4, -0.2) is 44.4 Å². The summed E-state index contributed by atoms with van der Waals surface area (Å²) < 4.78 is 6.34. The van der Waals surface area contributed by atoms with Gasteiger partial charge in [-0.3, -0.25) is 0 Å². The Morgan fingerprint density at radius 1 is 1.62 bits per heavy atom. The molecule has 0 saturated carbocycles. The van der Waals surface area contributed by atoms with E-state index in [2.05, 4.69) is 10.3 Å². The Hall–Kier alpha value is -1.47. The van der Waals surface area contributed by atoms with Crippen LogP contribution in [0.25, 0.3) is 0 Å². The fourth-order valence-corrected chi connectivity index (χ4v) is 1.27. The Morgan fingerprint density at radius 3 is 2.81 bits per heavy atom. The van der Waals surface area contributed by atoms with Crippen LogP contribution in [0.3, 0.4) is 0 Å². The van der Waals surface area contributed by atoms with Crippen molar-refractivity contribution < 1.29 is 19.7 Å². The van der Waals surface area contributed by atoms with Gasteiger partial charge in [0, 0.05) is 13.7 Å². The van der Waals surface area contributed by atoms with E-state index < -0.39 is 12.1 Å². The average molecular weight is 229 g/mol. The maximum Gasteiger partial charge on any atom is 0.358 e. The molecule has 1 atom stereocenters. The first-order valence-electron chi connectivity index (χ1n) is 4.89. The van der Waals surface area contributed by atoms with Gasteiger partial charge >= 0.3 is 5.97 Å². The molecule has 7 nitrogen and oxygen atoms in total. The number of carboxylic acids is 1. The number of carboxylic acid groups (broad SMARTS) is 1. The molecule has 0 radical (unpaired) electrons. The number of nitrogens with zero attached hydrogens (tertiary/aromatic N) is 3. The van der Waals surface area contributed by atoms with Crippen molar-refractivity contribution >= 4 is 5.97 Å². The average Bonchev–Trinajstić information content (AvgIpc) is 2.59. The lowest BCUT2D eigenvalue weighted by Crippen LogP contribution is -2.13.